The van der Waals surface area contributed by atoms with Crippen LogP contribution in [0, 0.1) is 5.92 Å². The summed E-state index contributed by atoms with van der Waals surface area (Å²) >= 11 is 13.4. The van der Waals surface area contributed by atoms with E-state index in [-0.39, 0.29) is 5.91 Å². The van der Waals surface area contributed by atoms with Crippen molar-refractivity contribution in [1.82, 2.24) is 4.90 Å². The maximum Gasteiger partial charge on any atom is 0.286 e. The third-order valence-electron chi connectivity index (χ3n) is 3.78. The van der Waals surface area contributed by atoms with Crippen LogP contribution in [0.15, 0.2) is 28.1 Å². The van der Waals surface area contributed by atoms with Gasteiger partial charge in [-0.1, -0.05) is 36.2 Å². The predicted molar refractivity (Wildman–Crippen MR) is 94.4 cm³/mol. The Hall–Kier alpha value is -0.970. The van der Waals surface area contributed by atoms with Gasteiger partial charge in [-0.15, -0.1) is 0 Å². The summed E-state index contributed by atoms with van der Waals surface area (Å²) in [5, 5.41) is 1.81. The van der Waals surface area contributed by atoms with Gasteiger partial charge < -0.3 is 4.90 Å². The molecule has 6 heteroatoms. The maximum absolute atomic E-state index is 12.1. The molecule has 0 bridgehead atoms. The predicted octanol–water partition coefficient (Wildman–Crippen LogP) is 4.70. The highest BCUT2D eigenvalue weighted by molar-refractivity contribution is 8.18. The van der Waals surface area contributed by atoms with Gasteiger partial charge in [-0.25, -0.2) is 0 Å². The maximum atomic E-state index is 12.1. The minimum absolute atomic E-state index is 0.177. The van der Waals surface area contributed by atoms with Crippen molar-refractivity contribution in [2.45, 2.75) is 19.8 Å². The number of nitrogens with zero attached hydrogens (tertiary/aromatic N) is 2. The number of benzene rings is 1. The van der Waals surface area contributed by atoms with Crippen molar-refractivity contribution >= 4 is 52.1 Å². The van der Waals surface area contributed by atoms with Crippen molar-refractivity contribution in [3.8, 4) is 0 Å². The third kappa shape index (κ3) is 3.50. The second-order valence-corrected chi connectivity index (χ2v) is 7.50. The largest absolute Gasteiger partial charge is 0.351 e. The topological polar surface area (TPSA) is 32.7 Å². The van der Waals surface area contributed by atoms with Gasteiger partial charge in [0.15, 0.2) is 5.17 Å². The lowest BCUT2D eigenvalue weighted by Gasteiger charge is -2.31. The first-order valence-electron chi connectivity index (χ1n) is 7.25. The molecule has 0 radical (unpaired) electrons. The van der Waals surface area contributed by atoms with E-state index in [2.05, 4.69) is 16.8 Å². The lowest BCUT2D eigenvalue weighted by atomic mass is 10.0. The minimum Gasteiger partial charge on any atom is -0.351 e. The van der Waals surface area contributed by atoms with Crippen molar-refractivity contribution in [3.63, 3.8) is 0 Å². The van der Waals surface area contributed by atoms with Crippen LogP contribution in [0.1, 0.15) is 25.3 Å². The van der Waals surface area contributed by atoms with Gasteiger partial charge in [0.2, 0.25) is 0 Å². The standard InChI is InChI=1S/C16H16Cl2N2OS/c1-10-3-2-6-20(9-10)16-19-15(21)14(22-16)8-11-4-5-12(17)13(18)7-11/h4-5,7-8,10H,2-3,6,9H2,1H3/b14-8-/t10-/m0/s1. The van der Waals surface area contributed by atoms with Gasteiger partial charge in [-0.05, 0) is 54.3 Å². The van der Waals surface area contributed by atoms with E-state index in [0.717, 1.165) is 30.2 Å². The molecule has 116 valence electrons. The Morgan fingerprint density at radius 2 is 2.18 bits per heavy atom. The number of piperidine rings is 1. The molecule has 1 saturated heterocycles. The summed E-state index contributed by atoms with van der Waals surface area (Å²) in [6, 6.07) is 5.33. The fraction of sp³-hybridized carbons (Fsp3) is 0.375. The van der Waals surface area contributed by atoms with Crippen LogP contribution in [0.3, 0.4) is 0 Å². The van der Waals surface area contributed by atoms with Gasteiger partial charge in [-0.3, -0.25) is 4.79 Å². The second kappa shape index (κ2) is 6.65. The molecule has 1 atom stereocenters. The normalized spacial score (nSPS) is 24.0. The molecule has 0 aromatic heterocycles. The van der Waals surface area contributed by atoms with Crippen LogP contribution in [0.2, 0.25) is 10.0 Å². The number of hydrogen-bond donors (Lipinski definition) is 0. The zero-order valence-corrected chi connectivity index (χ0v) is 14.5. The quantitative estimate of drug-likeness (QED) is 0.685. The van der Waals surface area contributed by atoms with Crippen molar-refractivity contribution in [3.05, 3.63) is 38.7 Å². The van der Waals surface area contributed by atoms with Crippen LogP contribution in [0.5, 0.6) is 0 Å². The summed E-state index contributed by atoms with van der Waals surface area (Å²) in [6.07, 6.45) is 4.22. The van der Waals surface area contributed by atoms with Crippen molar-refractivity contribution < 1.29 is 4.79 Å². The van der Waals surface area contributed by atoms with E-state index < -0.39 is 0 Å². The number of carbonyl (C=O) groups is 1. The molecule has 0 N–H and O–H groups in total. The van der Waals surface area contributed by atoms with Crippen LogP contribution < -0.4 is 0 Å². The highest BCUT2D eigenvalue weighted by atomic mass is 35.5. The molecule has 2 aliphatic heterocycles. The summed E-state index contributed by atoms with van der Waals surface area (Å²) in [5.74, 6) is 0.472. The Balaban J connectivity index is 1.76. The molecule has 1 aromatic rings. The Morgan fingerprint density at radius 1 is 1.36 bits per heavy atom. The lowest BCUT2D eigenvalue weighted by Crippen LogP contribution is -2.37. The fourth-order valence-electron chi connectivity index (χ4n) is 2.65. The van der Waals surface area contributed by atoms with Crippen LogP contribution >= 0.6 is 35.0 Å². The van der Waals surface area contributed by atoms with E-state index >= 15 is 0 Å². The molecule has 0 unspecified atom stereocenters. The van der Waals surface area contributed by atoms with Gasteiger partial charge in [-0.2, -0.15) is 4.99 Å². The molecule has 1 amide bonds. The average molecular weight is 355 g/mol. The van der Waals surface area contributed by atoms with Crippen molar-refractivity contribution in [2.24, 2.45) is 10.9 Å². The molecular formula is C16H16Cl2N2OS. The van der Waals surface area contributed by atoms with E-state index in [1.807, 2.05) is 12.1 Å². The summed E-state index contributed by atoms with van der Waals surface area (Å²) < 4.78 is 0. The highest BCUT2D eigenvalue weighted by Gasteiger charge is 2.28. The first-order valence-corrected chi connectivity index (χ1v) is 8.83. The van der Waals surface area contributed by atoms with E-state index in [0.29, 0.717) is 20.9 Å². The average Bonchev–Trinajstić information content (AvgIpc) is 2.84. The molecular weight excluding hydrogens is 339 g/mol. The molecule has 1 fully saturated rings. The summed E-state index contributed by atoms with van der Waals surface area (Å²) in [5.41, 5.74) is 0.855. The Bertz CT molecular complexity index is 672. The zero-order valence-electron chi connectivity index (χ0n) is 12.2. The summed E-state index contributed by atoms with van der Waals surface area (Å²) in [4.78, 5) is 19.2. The van der Waals surface area contributed by atoms with Crippen LogP contribution in [0.4, 0.5) is 0 Å². The van der Waals surface area contributed by atoms with E-state index in [4.69, 9.17) is 23.2 Å². The number of carbonyl (C=O) groups excluding carboxylic acids is 1. The highest BCUT2D eigenvalue weighted by Crippen LogP contribution is 2.33. The molecule has 2 heterocycles. The minimum atomic E-state index is -0.177. The number of thioether (sulfide) groups is 1. The smallest absolute Gasteiger partial charge is 0.286 e. The number of aliphatic imine (C=N–C) groups is 1. The lowest BCUT2D eigenvalue weighted by molar-refractivity contribution is -0.113. The Morgan fingerprint density at radius 3 is 2.91 bits per heavy atom. The SMILES string of the molecule is C[C@H]1CCCN(C2=NC(=O)/C(=C/c3ccc(Cl)c(Cl)c3)S2)C1. The molecule has 0 aliphatic carbocycles. The molecule has 2 aliphatic rings. The van der Waals surface area contributed by atoms with Crippen LogP contribution in [-0.2, 0) is 4.79 Å². The summed E-state index contributed by atoms with van der Waals surface area (Å²) in [7, 11) is 0. The zero-order chi connectivity index (χ0) is 15.7. The number of likely N-dealkylation sites (tertiary alicyclic amines) is 1. The Labute approximate surface area is 144 Å². The molecule has 22 heavy (non-hydrogen) atoms. The van der Waals surface area contributed by atoms with Gasteiger partial charge in [0, 0.05) is 13.1 Å². The molecule has 0 saturated carbocycles. The first kappa shape index (κ1) is 15.9. The number of amidine groups is 1. The molecule has 3 nitrogen and oxygen atoms in total. The number of rotatable bonds is 1. The van der Waals surface area contributed by atoms with Gasteiger partial charge >= 0.3 is 0 Å². The van der Waals surface area contributed by atoms with Gasteiger partial charge in [0.1, 0.15) is 0 Å². The third-order valence-corrected chi connectivity index (χ3v) is 5.56. The van der Waals surface area contributed by atoms with Gasteiger partial charge in [0.05, 0.1) is 15.0 Å². The summed E-state index contributed by atoms with van der Waals surface area (Å²) in [6.45, 7) is 4.18. The number of amides is 1. The molecule has 3 rings (SSSR count). The van der Waals surface area contributed by atoms with E-state index in [1.54, 1.807) is 12.1 Å². The van der Waals surface area contributed by atoms with Crippen LogP contribution in [0.25, 0.3) is 6.08 Å². The second-order valence-electron chi connectivity index (χ2n) is 5.68. The first-order chi connectivity index (χ1) is 10.5. The van der Waals surface area contributed by atoms with Crippen molar-refractivity contribution in [1.29, 1.82) is 0 Å². The number of hydrogen-bond acceptors (Lipinski definition) is 3. The Kier molecular flexibility index (Phi) is 4.81. The molecule has 0 spiro atoms. The molecule has 1 aromatic carbocycles. The van der Waals surface area contributed by atoms with Crippen molar-refractivity contribution in [2.75, 3.05) is 13.1 Å². The van der Waals surface area contributed by atoms with E-state index in [1.165, 1.54) is 18.2 Å². The fourth-order valence-corrected chi connectivity index (χ4v) is 3.90. The number of halogens is 2. The monoisotopic (exact) mass is 354 g/mol. The van der Waals surface area contributed by atoms with Gasteiger partial charge in [0.25, 0.3) is 5.91 Å². The van der Waals surface area contributed by atoms with E-state index in [9.17, 15) is 4.79 Å². The van der Waals surface area contributed by atoms with Crippen LogP contribution in [-0.4, -0.2) is 29.1 Å².